The van der Waals surface area contributed by atoms with E-state index >= 15 is 0 Å². The van der Waals surface area contributed by atoms with Crippen LogP contribution in [-0.2, 0) is 16.8 Å². The number of carbonyl (C=O) groups excluding carboxylic acids is 1. The molecule has 15 heteroatoms. The van der Waals surface area contributed by atoms with Gasteiger partial charge in [-0.25, -0.2) is 9.07 Å². The molecule has 1 saturated carbocycles. The van der Waals surface area contributed by atoms with E-state index in [0.717, 1.165) is 4.68 Å². The molecule has 2 aromatic carbocycles. The fourth-order valence-electron chi connectivity index (χ4n) is 3.77. The zero-order chi connectivity index (χ0) is 26.7. The zero-order valence-corrected chi connectivity index (χ0v) is 20.2. The molecule has 0 radical (unpaired) electrons. The van der Waals surface area contributed by atoms with Crippen molar-refractivity contribution >= 4 is 45.2 Å². The van der Waals surface area contributed by atoms with E-state index in [1.54, 1.807) is 0 Å². The van der Waals surface area contributed by atoms with Crippen LogP contribution in [-0.4, -0.2) is 15.7 Å². The molecule has 0 atom stereocenters. The number of hydrogen-bond donors (Lipinski definition) is 2. The smallest absolute Gasteiger partial charge is 0.310 e. The van der Waals surface area contributed by atoms with E-state index in [0.29, 0.717) is 5.56 Å². The third-order valence-electron chi connectivity index (χ3n) is 5.71. The summed E-state index contributed by atoms with van der Waals surface area (Å²) in [5.74, 6) is -1.32. The van der Waals surface area contributed by atoms with Crippen LogP contribution in [0.4, 0.5) is 29.6 Å². The van der Waals surface area contributed by atoms with Gasteiger partial charge in [0.1, 0.15) is 28.3 Å². The first-order valence-electron chi connectivity index (χ1n) is 10.0. The number of halogens is 8. The summed E-state index contributed by atoms with van der Waals surface area (Å²) in [5, 5.41) is 15.0. The Balaban J connectivity index is 1.93. The first-order valence-corrected chi connectivity index (χ1v) is 12.7. The Labute approximate surface area is 210 Å². The number of hydrogen-bond acceptors (Lipinski definition) is 4. The lowest BCUT2D eigenvalue weighted by atomic mass is 9.94. The molecule has 0 aliphatic heterocycles. The lowest BCUT2D eigenvalue weighted by Crippen LogP contribution is -2.29. The van der Waals surface area contributed by atoms with E-state index in [1.807, 2.05) is 6.07 Å². The Morgan fingerprint density at radius 3 is 2.14 bits per heavy atom. The average Bonchev–Trinajstić information content (AvgIpc) is 3.48. The highest BCUT2D eigenvalue weighted by molar-refractivity contribution is 8.45. The molecule has 36 heavy (non-hydrogen) atoms. The number of primary amides is 1. The van der Waals surface area contributed by atoms with Gasteiger partial charge in [0.25, 0.3) is 0 Å². The van der Waals surface area contributed by atoms with Crippen LogP contribution in [0, 0.1) is 17.1 Å². The van der Waals surface area contributed by atoms with Crippen molar-refractivity contribution in [1.29, 1.82) is 5.26 Å². The molecule has 1 aliphatic carbocycles. The second-order valence-electron chi connectivity index (χ2n) is 8.23. The largest absolute Gasteiger partial charge is 0.369 e. The minimum atomic E-state index is -10.1. The predicted octanol–water partition coefficient (Wildman–Crippen LogP) is 6.98. The molecule has 3 aromatic rings. The van der Waals surface area contributed by atoms with Gasteiger partial charge < -0.3 is 11.1 Å². The maximum absolute atomic E-state index is 13.4. The van der Waals surface area contributed by atoms with E-state index in [2.05, 4.69) is 10.4 Å². The van der Waals surface area contributed by atoms with Crippen LogP contribution in [0.5, 0.6) is 0 Å². The zero-order valence-electron chi connectivity index (χ0n) is 17.8. The number of carbonyl (C=O) groups is 1. The average molecular weight is 570 g/mol. The third kappa shape index (κ3) is 4.68. The van der Waals surface area contributed by atoms with Crippen LogP contribution >= 0.6 is 33.4 Å². The van der Waals surface area contributed by atoms with Gasteiger partial charge in [-0.1, -0.05) is 54.8 Å². The van der Waals surface area contributed by atoms with Gasteiger partial charge in [-0.2, -0.15) is 10.4 Å². The number of amides is 1. The Kier molecular flexibility index (Phi) is 5.57. The molecule has 0 saturated heterocycles. The second kappa shape index (κ2) is 7.71. The number of rotatable bonds is 7. The Hall–Kier alpha value is -3.08. The van der Waals surface area contributed by atoms with Crippen molar-refractivity contribution in [2.75, 3.05) is 5.32 Å². The lowest BCUT2D eigenvalue weighted by Gasteiger charge is -2.40. The van der Waals surface area contributed by atoms with Crippen LogP contribution in [0.25, 0.3) is 5.69 Å². The monoisotopic (exact) mass is 569 g/mol. The summed E-state index contributed by atoms with van der Waals surface area (Å²) in [6.45, 7) is -0.0164. The molecule has 1 heterocycles. The second-order valence-corrected chi connectivity index (χ2v) is 11.5. The molecule has 1 aromatic heterocycles. The molecule has 1 aliphatic rings. The summed E-state index contributed by atoms with van der Waals surface area (Å²) in [5.41, 5.74) is 4.15. The number of aromatic nitrogens is 2. The van der Waals surface area contributed by atoms with Crippen molar-refractivity contribution in [1.82, 2.24) is 9.78 Å². The van der Waals surface area contributed by atoms with Crippen LogP contribution in [0.3, 0.4) is 0 Å². The minimum absolute atomic E-state index is 0.0163. The van der Waals surface area contributed by atoms with Gasteiger partial charge in [-0.3, -0.25) is 4.79 Å². The summed E-state index contributed by atoms with van der Waals surface area (Å²) >= 11 is 12.0. The third-order valence-corrected chi connectivity index (χ3v) is 7.42. The quantitative estimate of drug-likeness (QED) is 0.300. The van der Waals surface area contributed by atoms with Crippen LogP contribution < -0.4 is 11.1 Å². The molecule has 3 N–H and O–H groups in total. The van der Waals surface area contributed by atoms with E-state index in [-0.39, 0.29) is 48.6 Å². The first kappa shape index (κ1) is 26.0. The van der Waals surface area contributed by atoms with Crippen molar-refractivity contribution in [2.24, 2.45) is 5.73 Å². The number of nitrogens with one attached hydrogen (secondary N) is 1. The highest BCUT2D eigenvalue weighted by Crippen LogP contribution is 3.02. The lowest BCUT2D eigenvalue weighted by molar-refractivity contribution is -0.120. The van der Waals surface area contributed by atoms with Gasteiger partial charge in [0.05, 0.1) is 15.5 Å². The number of nitriles is 1. The van der Waals surface area contributed by atoms with Gasteiger partial charge in [-0.05, 0) is 42.7 Å². The standard InChI is InChI=1S/C21H15Cl2F6N5OS/c22-14-7-13(36(25,26,27,28)29)8-15(23)18(14)34-19(32-10-11-1-3-12(24)4-2-11)17(16(9-30)33-34)21(5-6-21)20(31)35/h1-4,7-8,32H,5-6,10H2,(H2,31,35). The fraction of sp³-hybridized carbons (Fsp3) is 0.190. The molecular weight excluding hydrogens is 555 g/mol. The van der Waals surface area contributed by atoms with Crippen molar-refractivity contribution < 1.29 is 28.6 Å². The summed E-state index contributed by atoms with van der Waals surface area (Å²) in [6.07, 6.45) is 0.525. The van der Waals surface area contributed by atoms with Gasteiger partial charge in [0, 0.05) is 12.1 Å². The number of nitrogens with two attached hydrogens (primary N) is 1. The van der Waals surface area contributed by atoms with E-state index in [1.165, 1.54) is 24.3 Å². The van der Waals surface area contributed by atoms with Crippen molar-refractivity contribution in [3.63, 3.8) is 0 Å². The molecule has 0 unspecified atom stereocenters. The Bertz CT molecular complexity index is 1430. The summed E-state index contributed by atoms with van der Waals surface area (Å²) in [4.78, 5) is 9.96. The Morgan fingerprint density at radius 1 is 1.14 bits per heavy atom. The minimum Gasteiger partial charge on any atom is -0.369 e. The van der Waals surface area contributed by atoms with Crippen molar-refractivity contribution in [3.8, 4) is 11.8 Å². The number of anilines is 1. The normalized spacial score (nSPS) is 16.5. The number of benzene rings is 2. The Morgan fingerprint density at radius 2 is 1.69 bits per heavy atom. The first-order chi connectivity index (χ1) is 16.5. The predicted molar refractivity (Wildman–Crippen MR) is 124 cm³/mol. The topological polar surface area (TPSA) is 96.7 Å². The molecule has 192 valence electrons. The van der Waals surface area contributed by atoms with Crippen LogP contribution in [0.2, 0.25) is 10.0 Å². The molecule has 0 bridgehead atoms. The molecule has 1 fully saturated rings. The molecule has 0 spiro atoms. The highest BCUT2D eigenvalue weighted by atomic mass is 35.5. The fourth-order valence-corrected chi connectivity index (χ4v) is 5.23. The van der Waals surface area contributed by atoms with Crippen LogP contribution in [0.1, 0.15) is 29.7 Å². The summed E-state index contributed by atoms with van der Waals surface area (Å²) < 4.78 is 81.0. The summed E-state index contributed by atoms with van der Waals surface area (Å²) in [6, 6.07) is 7.11. The SMILES string of the molecule is N#Cc1nn(-c2c(Cl)cc(S(F)(F)(F)(F)F)cc2Cl)c(NCc2ccc(F)cc2)c1C1(C(N)=O)CC1. The maximum Gasteiger partial charge on any atom is 0.310 e. The van der Waals surface area contributed by atoms with E-state index < -0.39 is 48.0 Å². The van der Waals surface area contributed by atoms with E-state index in [4.69, 9.17) is 28.9 Å². The van der Waals surface area contributed by atoms with Gasteiger partial charge in [-0.15, -0.1) is 0 Å². The molecule has 6 nitrogen and oxygen atoms in total. The summed E-state index contributed by atoms with van der Waals surface area (Å²) in [7, 11) is -10.1. The van der Waals surface area contributed by atoms with Gasteiger partial charge in [0.2, 0.25) is 5.91 Å². The van der Waals surface area contributed by atoms with Crippen molar-refractivity contribution in [2.45, 2.75) is 29.7 Å². The van der Waals surface area contributed by atoms with Gasteiger partial charge in [0.15, 0.2) is 5.69 Å². The maximum atomic E-state index is 13.4. The van der Waals surface area contributed by atoms with E-state index in [9.17, 15) is 33.9 Å². The number of nitrogens with zero attached hydrogens (tertiary/aromatic N) is 3. The van der Waals surface area contributed by atoms with Crippen LogP contribution in [0.15, 0.2) is 41.3 Å². The molecular formula is C21H15Cl2F6N5OS. The molecule has 4 rings (SSSR count). The van der Waals surface area contributed by atoms with Crippen molar-refractivity contribution in [3.05, 3.63) is 69.1 Å². The highest BCUT2D eigenvalue weighted by Gasteiger charge is 2.65. The van der Waals surface area contributed by atoms with Gasteiger partial charge >= 0.3 is 10.2 Å². The molecule has 1 amide bonds.